The van der Waals surface area contributed by atoms with Gasteiger partial charge in [-0.3, -0.25) is 4.79 Å². The Kier molecular flexibility index (Phi) is 3.68. The van der Waals surface area contributed by atoms with Crippen LogP contribution in [0.2, 0.25) is 0 Å². The molecule has 2 rings (SSSR count). The quantitative estimate of drug-likeness (QED) is 0.569. The average molecular weight is 318 g/mol. The van der Waals surface area contributed by atoms with Crippen molar-refractivity contribution in [3.8, 4) is 0 Å². The molecule has 21 heavy (non-hydrogen) atoms. The van der Waals surface area contributed by atoms with Crippen LogP contribution in [0.4, 0.5) is 18.9 Å². The van der Waals surface area contributed by atoms with E-state index in [4.69, 9.17) is 17.3 Å². The van der Waals surface area contributed by atoms with Gasteiger partial charge in [-0.05, 0) is 30.0 Å². The molecule has 1 amide bonds. The summed E-state index contributed by atoms with van der Waals surface area (Å²) in [7, 11) is 0. The molecule has 0 fully saturated rings. The summed E-state index contributed by atoms with van der Waals surface area (Å²) in [6, 6.07) is 4.21. The Bertz CT molecular complexity index is 699. The van der Waals surface area contributed by atoms with E-state index in [9.17, 15) is 18.0 Å². The SMILES string of the molecule is NC(=O)c1cc(N)ccc1Sc1nnc(C(F)(F)F)n1N. The van der Waals surface area contributed by atoms with Crippen molar-refractivity contribution in [2.75, 3.05) is 11.6 Å². The highest BCUT2D eigenvalue weighted by Crippen LogP contribution is 2.33. The van der Waals surface area contributed by atoms with Gasteiger partial charge in [0.2, 0.25) is 11.1 Å². The van der Waals surface area contributed by atoms with E-state index in [2.05, 4.69) is 10.2 Å². The van der Waals surface area contributed by atoms with Crippen LogP contribution in [0.3, 0.4) is 0 Å². The van der Waals surface area contributed by atoms with Gasteiger partial charge in [-0.1, -0.05) is 0 Å². The van der Waals surface area contributed by atoms with Gasteiger partial charge in [0.1, 0.15) is 0 Å². The van der Waals surface area contributed by atoms with Crippen molar-refractivity contribution >= 4 is 23.4 Å². The molecular formula is C10H9F3N6OS. The predicted octanol–water partition coefficient (Wildman–Crippen LogP) is 0.843. The number of benzene rings is 1. The molecule has 1 aromatic heterocycles. The molecule has 0 radical (unpaired) electrons. The molecule has 1 aromatic carbocycles. The number of carbonyl (C=O) groups excluding carboxylic acids is 1. The van der Waals surface area contributed by atoms with Crippen LogP contribution in [-0.4, -0.2) is 20.8 Å². The summed E-state index contributed by atoms with van der Waals surface area (Å²) in [6.07, 6.45) is -4.73. The third kappa shape index (κ3) is 3.02. The number of hydrogen-bond acceptors (Lipinski definition) is 6. The summed E-state index contributed by atoms with van der Waals surface area (Å²) in [5, 5.41) is 6.08. The van der Waals surface area contributed by atoms with Gasteiger partial charge in [0.05, 0.1) is 5.56 Å². The molecule has 0 bridgehead atoms. The second-order valence-electron chi connectivity index (χ2n) is 3.90. The molecule has 112 valence electrons. The lowest BCUT2D eigenvalue weighted by Crippen LogP contribution is -2.21. The Morgan fingerprint density at radius 3 is 2.48 bits per heavy atom. The number of hydrogen-bond donors (Lipinski definition) is 3. The number of nitrogens with two attached hydrogens (primary N) is 3. The van der Waals surface area contributed by atoms with Gasteiger partial charge in [0.15, 0.2) is 0 Å². The van der Waals surface area contributed by atoms with E-state index < -0.39 is 17.9 Å². The van der Waals surface area contributed by atoms with E-state index in [1.807, 2.05) is 0 Å². The van der Waals surface area contributed by atoms with E-state index in [0.717, 1.165) is 11.8 Å². The summed E-state index contributed by atoms with van der Waals surface area (Å²) < 4.78 is 38.0. The zero-order chi connectivity index (χ0) is 15.8. The first kappa shape index (κ1) is 15.0. The molecular weight excluding hydrogens is 309 g/mol. The first-order valence-corrected chi connectivity index (χ1v) is 6.16. The predicted molar refractivity (Wildman–Crippen MR) is 68.7 cm³/mol. The Balaban J connectivity index is 2.40. The highest BCUT2D eigenvalue weighted by atomic mass is 32.2. The standard InChI is InChI=1S/C10H9F3N6OS/c11-10(12,13)8-17-18-9(19(8)16)21-6-2-1-4(14)3-5(6)7(15)20/h1-3H,14,16H2,(H2,15,20). The van der Waals surface area contributed by atoms with Crippen LogP contribution < -0.4 is 17.3 Å². The van der Waals surface area contributed by atoms with E-state index in [1.165, 1.54) is 18.2 Å². The maximum absolute atomic E-state index is 12.6. The lowest BCUT2D eigenvalue weighted by atomic mass is 10.2. The van der Waals surface area contributed by atoms with Crippen LogP contribution >= 0.6 is 11.8 Å². The fraction of sp³-hybridized carbons (Fsp3) is 0.100. The zero-order valence-electron chi connectivity index (χ0n) is 10.3. The molecule has 2 aromatic rings. The Morgan fingerprint density at radius 1 is 1.29 bits per heavy atom. The number of carbonyl (C=O) groups is 1. The maximum atomic E-state index is 12.6. The van der Waals surface area contributed by atoms with Crippen molar-refractivity contribution in [1.82, 2.24) is 14.9 Å². The Hall–Kier alpha value is -2.43. The van der Waals surface area contributed by atoms with E-state index in [-0.39, 0.29) is 15.6 Å². The summed E-state index contributed by atoms with van der Waals surface area (Å²) in [5.41, 5.74) is 11.1. The van der Waals surface area contributed by atoms with Gasteiger partial charge >= 0.3 is 6.18 Å². The molecule has 0 saturated heterocycles. The van der Waals surface area contributed by atoms with E-state index >= 15 is 0 Å². The smallest absolute Gasteiger partial charge is 0.399 e. The van der Waals surface area contributed by atoms with Crippen molar-refractivity contribution in [2.45, 2.75) is 16.2 Å². The molecule has 0 spiro atoms. The Labute approximate surface area is 120 Å². The minimum Gasteiger partial charge on any atom is -0.399 e. The molecule has 0 atom stereocenters. The fourth-order valence-electron chi connectivity index (χ4n) is 1.47. The number of nitrogens with zero attached hydrogens (tertiary/aromatic N) is 3. The topological polar surface area (TPSA) is 126 Å². The highest BCUT2D eigenvalue weighted by molar-refractivity contribution is 7.99. The molecule has 7 nitrogen and oxygen atoms in total. The normalized spacial score (nSPS) is 11.6. The monoisotopic (exact) mass is 318 g/mol. The van der Waals surface area contributed by atoms with Gasteiger partial charge in [-0.25, -0.2) is 4.68 Å². The van der Waals surface area contributed by atoms with Crippen LogP contribution in [0.5, 0.6) is 0 Å². The summed E-state index contributed by atoms with van der Waals surface area (Å²) in [5.74, 6) is 3.18. The third-order valence-electron chi connectivity index (χ3n) is 2.39. The second kappa shape index (κ2) is 5.16. The van der Waals surface area contributed by atoms with Crippen molar-refractivity contribution in [3.63, 3.8) is 0 Å². The molecule has 6 N–H and O–H groups in total. The first-order chi connectivity index (χ1) is 9.70. The van der Waals surface area contributed by atoms with Crippen molar-refractivity contribution in [3.05, 3.63) is 29.6 Å². The van der Waals surface area contributed by atoms with Gasteiger partial charge in [-0.2, -0.15) is 13.2 Å². The van der Waals surface area contributed by atoms with Crippen molar-refractivity contribution in [1.29, 1.82) is 0 Å². The maximum Gasteiger partial charge on any atom is 0.453 e. The highest BCUT2D eigenvalue weighted by Gasteiger charge is 2.38. The molecule has 0 saturated carbocycles. The van der Waals surface area contributed by atoms with Crippen LogP contribution in [0.1, 0.15) is 16.2 Å². The Morgan fingerprint density at radius 2 is 1.95 bits per heavy atom. The number of halogens is 3. The van der Waals surface area contributed by atoms with Crippen molar-refractivity contribution < 1.29 is 18.0 Å². The summed E-state index contributed by atoms with van der Waals surface area (Å²) in [4.78, 5) is 11.6. The summed E-state index contributed by atoms with van der Waals surface area (Å²) >= 11 is 0.723. The number of primary amides is 1. The molecule has 0 aliphatic heterocycles. The first-order valence-electron chi connectivity index (χ1n) is 5.35. The molecule has 0 aliphatic rings. The van der Waals surface area contributed by atoms with Gasteiger partial charge in [0, 0.05) is 10.6 Å². The van der Waals surface area contributed by atoms with Crippen LogP contribution in [0.25, 0.3) is 0 Å². The number of rotatable bonds is 3. The second-order valence-corrected chi connectivity index (χ2v) is 4.90. The van der Waals surface area contributed by atoms with Gasteiger partial charge < -0.3 is 17.3 Å². The lowest BCUT2D eigenvalue weighted by Gasteiger charge is -2.08. The third-order valence-corrected chi connectivity index (χ3v) is 3.43. The number of aromatic nitrogens is 3. The number of alkyl halides is 3. The van der Waals surface area contributed by atoms with Crippen LogP contribution in [0.15, 0.2) is 28.3 Å². The molecule has 11 heteroatoms. The molecule has 0 aliphatic carbocycles. The number of nitrogen functional groups attached to an aromatic ring is 2. The van der Waals surface area contributed by atoms with E-state index in [1.54, 1.807) is 0 Å². The minimum absolute atomic E-state index is 0.0524. The number of amides is 1. The average Bonchev–Trinajstić information content (AvgIpc) is 2.72. The summed E-state index contributed by atoms with van der Waals surface area (Å²) in [6.45, 7) is 0. The van der Waals surface area contributed by atoms with Crippen molar-refractivity contribution in [2.24, 2.45) is 5.73 Å². The minimum atomic E-state index is -4.73. The van der Waals surface area contributed by atoms with Gasteiger partial charge in [0.25, 0.3) is 5.82 Å². The van der Waals surface area contributed by atoms with E-state index in [0.29, 0.717) is 10.4 Å². The number of anilines is 1. The largest absolute Gasteiger partial charge is 0.453 e. The lowest BCUT2D eigenvalue weighted by molar-refractivity contribution is -0.146. The van der Waals surface area contributed by atoms with Crippen LogP contribution in [-0.2, 0) is 6.18 Å². The molecule has 0 unspecified atom stereocenters. The molecule has 1 heterocycles. The fourth-order valence-corrected chi connectivity index (χ4v) is 2.34. The van der Waals surface area contributed by atoms with Gasteiger partial charge in [-0.15, -0.1) is 10.2 Å². The van der Waals surface area contributed by atoms with Crippen LogP contribution in [0, 0.1) is 0 Å². The zero-order valence-corrected chi connectivity index (χ0v) is 11.1.